The van der Waals surface area contributed by atoms with Gasteiger partial charge in [-0.05, 0) is 18.9 Å². The molecule has 0 aliphatic carbocycles. The van der Waals surface area contributed by atoms with E-state index in [1.165, 1.54) is 6.07 Å². The third-order valence-electron chi connectivity index (χ3n) is 3.19. The van der Waals surface area contributed by atoms with Crippen LogP contribution < -0.4 is 5.73 Å². The third kappa shape index (κ3) is 2.65. The first-order chi connectivity index (χ1) is 8.24. The van der Waals surface area contributed by atoms with Crippen LogP contribution in [0.4, 0.5) is 4.39 Å². The van der Waals surface area contributed by atoms with Gasteiger partial charge >= 0.3 is 0 Å². The molecule has 0 radical (unpaired) electrons. The van der Waals surface area contributed by atoms with Crippen molar-refractivity contribution >= 4 is 0 Å². The highest BCUT2D eigenvalue weighted by Gasteiger charge is 2.30. The fourth-order valence-corrected chi connectivity index (χ4v) is 2.22. The number of hydrogen-bond acceptors (Lipinski definition) is 3. The summed E-state index contributed by atoms with van der Waals surface area (Å²) in [6, 6.07) is 6.48. The maximum absolute atomic E-state index is 13.9. The molecule has 94 valence electrons. The molecule has 0 saturated carbocycles. The lowest BCUT2D eigenvalue weighted by Gasteiger charge is -2.31. The van der Waals surface area contributed by atoms with Gasteiger partial charge in [-0.3, -0.25) is 4.84 Å². The molecule has 17 heavy (non-hydrogen) atoms. The molecular formula is C13H19FN2O. The van der Waals surface area contributed by atoms with Crippen molar-refractivity contribution < 1.29 is 9.23 Å². The van der Waals surface area contributed by atoms with Crippen molar-refractivity contribution in [3.63, 3.8) is 0 Å². The van der Waals surface area contributed by atoms with Crippen LogP contribution in [0.25, 0.3) is 0 Å². The van der Waals surface area contributed by atoms with Crippen molar-refractivity contribution in [1.29, 1.82) is 0 Å². The molecule has 1 aliphatic rings. The molecule has 2 rings (SSSR count). The number of hydroxylamine groups is 2. The highest BCUT2D eigenvalue weighted by atomic mass is 19.1. The Labute approximate surface area is 101 Å². The highest BCUT2D eigenvalue weighted by molar-refractivity contribution is 5.22. The zero-order chi connectivity index (χ0) is 12.3. The first-order valence-corrected chi connectivity index (χ1v) is 6.13. The average molecular weight is 238 g/mol. The van der Waals surface area contributed by atoms with Crippen LogP contribution in [0.1, 0.15) is 31.4 Å². The van der Waals surface area contributed by atoms with E-state index in [2.05, 4.69) is 0 Å². The van der Waals surface area contributed by atoms with Gasteiger partial charge in [-0.15, -0.1) is 0 Å². The van der Waals surface area contributed by atoms with Gasteiger partial charge in [0.15, 0.2) is 0 Å². The number of rotatable bonds is 4. The smallest absolute Gasteiger partial charge is 0.128 e. The standard InChI is InChI=1S/C13H19FN2O/c1-2-12(15)13(16-8-5-9-17-16)10-6-3-4-7-11(10)14/h3-4,6-7,12-13H,2,5,8-9,15H2,1H3. The van der Waals surface area contributed by atoms with E-state index in [1.807, 2.05) is 18.1 Å². The number of halogens is 1. The molecule has 2 atom stereocenters. The van der Waals surface area contributed by atoms with Gasteiger partial charge in [-0.25, -0.2) is 4.39 Å². The summed E-state index contributed by atoms with van der Waals surface area (Å²) in [7, 11) is 0. The van der Waals surface area contributed by atoms with Crippen LogP contribution >= 0.6 is 0 Å². The Kier molecular flexibility index (Phi) is 4.10. The maximum atomic E-state index is 13.9. The van der Waals surface area contributed by atoms with Gasteiger partial charge in [0.05, 0.1) is 12.6 Å². The largest absolute Gasteiger partial charge is 0.326 e. The van der Waals surface area contributed by atoms with E-state index in [9.17, 15) is 4.39 Å². The minimum atomic E-state index is -0.211. The monoisotopic (exact) mass is 238 g/mol. The van der Waals surface area contributed by atoms with E-state index in [0.717, 1.165) is 19.4 Å². The summed E-state index contributed by atoms with van der Waals surface area (Å²) in [6.07, 6.45) is 1.76. The van der Waals surface area contributed by atoms with Crippen LogP contribution in [-0.4, -0.2) is 24.3 Å². The van der Waals surface area contributed by atoms with Crippen molar-refractivity contribution in [2.75, 3.05) is 13.2 Å². The van der Waals surface area contributed by atoms with Gasteiger partial charge in [0.2, 0.25) is 0 Å². The summed E-state index contributed by atoms with van der Waals surface area (Å²) in [4.78, 5) is 5.53. The van der Waals surface area contributed by atoms with Crippen LogP contribution in [0.5, 0.6) is 0 Å². The van der Waals surface area contributed by atoms with E-state index in [0.29, 0.717) is 12.2 Å². The molecule has 0 amide bonds. The summed E-state index contributed by atoms with van der Waals surface area (Å²) in [5.41, 5.74) is 6.74. The molecule has 0 bridgehead atoms. The Balaban J connectivity index is 2.29. The van der Waals surface area contributed by atoms with Gasteiger partial charge < -0.3 is 5.73 Å². The molecule has 1 aliphatic heterocycles. The van der Waals surface area contributed by atoms with Gasteiger partial charge in [-0.1, -0.05) is 25.1 Å². The Morgan fingerprint density at radius 2 is 2.24 bits per heavy atom. The van der Waals surface area contributed by atoms with E-state index in [1.54, 1.807) is 12.1 Å². The second kappa shape index (κ2) is 5.58. The molecular weight excluding hydrogens is 219 g/mol. The van der Waals surface area contributed by atoms with Crippen molar-refractivity contribution in [2.24, 2.45) is 5.73 Å². The lowest BCUT2D eigenvalue weighted by Crippen LogP contribution is -2.39. The Morgan fingerprint density at radius 3 is 2.82 bits per heavy atom. The van der Waals surface area contributed by atoms with E-state index < -0.39 is 0 Å². The molecule has 1 heterocycles. The summed E-state index contributed by atoms with van der Waals surface area (Å²) in [5, 5.41) is 1.83. The van der Waals surface area contributed by atoms with Gasteiger partial charge in [0.1, 0.15) is 5.82 Å². The molecule has 1 aromatic rings. The molecule has 3 nitrogen and oxygen atoms in total. The molecule has 4 heteroatoms. The fourth-order valence-electron chi connectivity index (χ4n) is 2.22. The topological polar surface area (TPSA) is 38.5 Å². The normalized spacial score (nSPS) is 20.4. The predicted octanol–water partition coefficient (Wildman–Crippen LogP) is 2.24. The second-order valence-electron chi connectivity index (χ2n) is 4.37. The van der Waals surface area contributed by atoms with Crippen LogP contribution in [0.3, 0.4) is 0 Å². The van der Waals surface area contributed by atoms with Crippen LogP contribution in [0, 0.1) is 5.82 Å². The summed E-state index contributed by atoms with van der Waals surface area (Å²) in [5.74, 6) is -0.211. The molecule has 1 aromatic carbocycles. The Bertz CT molecular complexity index is 366. The summed E-state index contributed by atoms with van der Waals surface area (Å²) >= 11 is 0. The quantitative estimate of drug-likeness (QED) is 0.874. The van der Waals surface area contributed by atoms with Gasteiger partial charge in [0.25, 0.3) is 0 Å². The van der Waals surface area contributed by atoms with E-state index >= 15 is 0 Å². The van der Waals surface area contributed by atoms with E-state index in [4.69, 9.17) is 10.6 Å². The number of nitrogens with two attached hydrogens (primary N) is 1. The predicted molar refractivity (Wildman–Crippen MR) is 64.7 cm³/mol. The molecule has 0 aromatic heterocycles. The Hall–Kier alpha value is -0.970. The zero-order valence-electron chi connectivity index (χ0n) is 10.1. The van der Waals surface area contributed by atoms with Gasteiger partial charge in [-0.2, -0.15) is 5.06 Å². The summed E-state index contributed by atoms with van der Waals surface area (Å²) < 4.78 is 13.9. The lowest BCUT2D eigenvalue weighted by molar-refractivity contribution is -0.149. The molecule has 1 fully saturated rings. The minimum absolute atomic E-state index is 0.120. The van der Waals surface area contributed by atoms with Crippen LogP contribution in [0.15, 0.2) is 24.3 Å². The second-order valence-corrected chi connectivity index (χ2v) is 4.37. The SMILES string of the molecule is CCC(N)C(c1ccccc1F)N1CCCO1. The number of benzene rings is 1. The first kappa shape index (κ1) is 12.5. The van der Waals surface area contributed by atoms with Crippen LogP contribution in [-0.2, 0) is 4.84 Å². The zero-order valence-corrected chi connectivity index (χ0v) is 10.1. The summed E-state index contributed by atoms with van der Waals surface area (Å²) in [6.45, 7) is 3.52. The van der Waals surface area contributed by atoms with Gasteiger partial charge in [0, 0.05) is 18.2 Å². The molecule has 2 unspecified atom stereocenters. The Morgan fingerprint density at radius 1 is 1.47 bits per heavy atom. The lowest BCUT2D eigenvalue weighted by atomic mass is 9.97. The number of hydrogen-bond donors (Lipinski definition) is 1. The minimum Gasteiger partial charge on any atom is -0.326 e. The highest BCUT2D eigenvalue weighted by Crippen LogP contribution is 2.29. The number of nitrogens with zero attached hydrogens (tertiary/aromatic N) is 1. The average Bonchev–Trinajstić information content (AvgIpc) is 2.85. The maximum Gasteiger partial charge on any atom is 0.128 e. The fraction of sp³-hybridized carbons (Fsp3) is 0.538. The third-order valence-corrected chi connectivity index (χ3v) is 3.19. The molecule has 2 N–H and O–H groups in total. The van der Waals surface area contributed by atoms with Crippen molar-refractivity contribution in [1.82, 2.24) is 5.06 Å². The first-order valence-electron chi connectivity index (χ1n) is 6.13. The van der Waals surface area contributed by atoms with Crippen molar-refractivity contribution in [3.8, 4) is 0 Å². The molecule has 1 saturated heterocycles. The molecule has 0 spiro atoms. The van der Waals surface area contributed by atoms with Crippen LogP contribution in [0.2, 0.25) is 0 Å². The van der Waals surface area contributed by atoms with E-state index in [-0.39, 0.29) is 17.9 Å². The van der Waals surface area contributed by atoms with Crippen molar-refractivity contribution in [2.45, 2.75) is 31.8 Å². The van der Waals surface area contributed by atoms with Crippen molar-refractivity contribution in [3.05, 3.63) is 35.6 Å².